The van der Waals surface area contributed by atoms with Crippen LogP contribution in [0.1, 0.15) is 23.9 Å². The Kier molecular flexibility index (Phi) is 3.80. The Bertz CT molecular complexity index is 661. The molecule has 1 heterocycles. The standard InChI is InChI=1S/C15H12Cl2N2/c1-10-5-3-8-13(19-10)15(2,9-18)11-6-4-7-12(16)14(11)17/h3-8H,1-2H3. The van der Waals surface area contributed by atoms with E-state index >= 15 is 0 Å². The Labute approximate surface area is 122 Å². The lowest BCUT2D eigenvalue weighted by Crippen LogP contribution is -2.23. The highest BCUT2D eigenvalue weighted by Crippen LogP contribution is 2.38. The molecule has 0 bridgehead atoms. The van der Waals surface area contributed by atoms with Crippen LogP contribution in [0.2, 0.25) is 10.0 Å². The first-order chi connectivity index (χ1) is 8.99. The molecule has 0 aliphatic rings. The summed E-state index contributed by atoms with van der Waals surface area (Å²) in [7, 11) is 0. The molecular weight excluding hydrogens is 279 g/mol. The van der Waals surface area contributed by atoms with Gasteiger partial charge in [0.05, 0.1) is 21.8 Å². The first-order valence-corrected chi connectivity index (χ1v) is 6.54. The summed E-state index contributed by atoms with van der Waals surface area (Å²) in [5.74, 6) is 0. The molecule has 0 aliphatic carbocycles. The maximum atomic E-state index is 9.61. The van der Waals surface area contributed by atoms with E-state index in [0.717, 1.165) is 5.69 Å². The predicted octanol–water partition coefficient (Wildman–Crippen LogP) is 4.53. The van der Waals surface area contributed by atoms with Gasteiger partial charge >= 0.3 is 0 Å². The summed E-state index contributed by atoms with van der Waals surface area (Å²) in [5.41, 5.74) is 1.27. The van der Waals surface area contributed by atoms with E-state index in [1.165, 1.54) is 0 Å². The van der Waals surface area contributed by atoms with Crippen molar-refractivity contribution in [3.8, 4) is 6.07 Å². The third-order valence-corrected chi connectivity index (χ3v) is 3.93. The lowest BCUT2D eigenvalue weighted by Gasteiger charge is -2.23. The van der Waals surface area contributed by atoms with Crippen molar-refractivity contribution in [2.75, 3.05) is 0 Å². The molecule has 0 saturated heterocycles. The van der Waals surface area contributed by atoms with Gasteiger partial charge < -0.3 is 0 Å². The summed E-state index contributed by atoms with van der Waals surface area (Å²) in [6, 6.07) is 13.2. The topological polar surface area (TPSA) is 36.7 Å². The van der Waals surface area contributed by atoms with Crippen molar-refractivity contribution in [2.45, 2.75) is 19.3 Å². The Morgan fingerprint density at radius 2 is 1.84 bits per heavy atom. The highest BCUT2D eigenvalue weighted by molar-refractivity contribution is 6.42. The summed E-state index contributed by atoms with van der Waals surface area (Å²) < 4.78 is 0. The largest absolute Gasteiger partial charge is 0.256 e. The normalized spacial score (nSPS) is 13.6. The van der Waals surface area contributed by atoms with Crippen molar-refractivity contribution in [2.24, 2.45) is 0 Å². The van der Waals surface area contributed by atoms with Gasteiger partial charge in [0.1, 0.15) is 5.41 Å². The number of hydrogen-bond donors (Lipinski definition) is 0. The first kappa shape index (κ1) is 13.9. The molecule has 0 amide bonds. The zero-order valence-electron chi connectivity index (χ0n) is 10.6. The van der Waals surface area contributed by atoms with Crippen LogP contribution in [0.3, 0.4) is 0 Å². The van der Waals surface area contributed by atoms with E-state index in [9.17, 15) is 5.26 Å². The van der Waals surface area contributed by atoms with Crippen LogP contribution in [0.25, 0.3) is 0 Å². The molecule has 0 spiro atoms. The van der Waals surface area contributed by atoms with Gasteiger partial charge in [0.2, 0.25) is 0 Å². The van der Waals surface area contributed by atoms with E-state index in [0.29, 0.717) is 21.3 Å². The van der Waals surface area contributed by atoms with E-state index in [2.05, 4.69) is 11.1 Å². The van der Waals surface area contributed by atoms with Crippen LogP contribution in [0.4, 0.5) is 0 Å². The second kappa shape index (κ2) is 5.21. The smallest absolute Gasteiger partial charge is 0.123 e. The molecule has 4 heteroatoms. The van der Waals surface area contributed by atoms with Crippen molar-refractivity contribution in [1.82, 2.24) is 4.98 Å². The summed E-state index contributed by atoms with van der Waals surface area (Å²) in [6.07, 6.45) is 0. The number of pyridine rings is 1. The van der Waals surface area contributed by atoms with Gasteiger partial charge in [-0.1, -0.05) is 41.4 Å². The Balaban J connectivity index is 2.68. The molecule has 2 nitrogen and oxygen atoms in total. The van der Waals surface area contributed by atoms with Crippen molar-refractivity contribution in [3.05, 3.63) is 63.4 Å². The summed E-state index contributed by atoms with van der Waals surface area (Å²) >= 11 is 12.3. The molecular formula is C15H12Cl2N2. The molecule has 0 aliphatic heterocycles. The molecule has 19 heavy (non-hydrogen) atoms. The fraction of sp³-hybridized carbons (Fsp3) is 0.200. The van der Waals surface area contributed by atoms with Crippen LogP contribution in [-0.4, -0.2) is 4.98 Å². The van der Waals surface area contributed by atoms with Crippen molar-refractivity contribution in [3.63, 3.8) is 0 Å². The molecule has 0 N–H and O–H groups in total. The van der Waals surface area contributed by atoms with Gasteiger partial charge in [-0.2, -0.15) is 5.26 Å². The number of nitriles is 1. The van der Waals surface area contributed by atoms with E-state index in [1.54, 1.807) is 25.1 Å². The zero-order valence-corrected chi connectivity index (χ0v) is 12.1. The molecule has 2 rings (SSSR count). The van der Waals surface area contributed by atoms with Gasteiger partial charge in [-0.15, -0.1) is 0 Å². The number of benzene rings is 1. The zero-order chi connectivity index (χ0) is 14.0. The van der Waals surface area contributed by atoms with Gasteiger partial charge in [-0.25, -0.2) is 0 Å². The van der Waals surface area contributed by atoms with E-state index in [-0.39, 0.29) is 0 Å². The van der Waals surface area contributed by atoms with Crippen LogP contribution < -0.4 is 0 Å². The molecule has 2 aromatic rings. The quantitative estimate of drug-likeness (QED) is 0.815. The van der Waals surface area contributed by atoms with Crippen molar-refractivity contribution >= 4 is 23.2 Å². The molecule has 1 atom stereocenters. The highest BCUT2D eigenvalue weighted by atomic mass is 35.5. The predicted molar refractivity (Wildman–Crippen MR) is 77.5 cm³/mol. The summed E-state index contributed by atoms with van der Waals surface area (Å²) in [5, 5.41) is 10.4. The van der Waals surface area contributed by atoms with Crippen LogP contribution in [0.15, 0.2) is 36.4 Å². The maximum Gasteiger partial charge on any atom is 0.123 e. The molecule has 0 radical (unpaired) electrons. The van der Waals surface area contributed by atoms with E-state index in [4.69, 9.17) is 23.2 Å². The van der Waals surface area contributed by atoms with Gasteiger partial charge in [0.15, 0.2) is 0 Å². The maximum absolute atomic E-state index is 9.61. The molecule has 1 aromatic carbocycles. The monoisotopic (exact) mass is 290 g/mol. The van der Waals surface area contributed by atoms with E-state index < -0.39 is 5.41 Å². The molecule has 0 fully saturated rings. The number of aromatic nitrogens is 1. The number of nitrogens with zero attached hydrogens (tertiary/aromatic N) is 2. The van der Waals surface area contributed by atoms with Gasteiger partial charge in [-0.05, 0) is 37.6 Å². The second-order valence-electron chi connectivity index (χ2n) is 4.50. The van der Waals surface area contributed by atoms with Crippen LogP contribution >= 0.6 is 23.2 Å². The van der Waals surface area contributed by atoms with E-state index in [1.807, 2.05) is 25.1 Å². The fourth-order valence-electron chi connectivity index (χ4n) is 1.97. The molecule has 96 valence electrons. The summed E-state index contributed by atoms with van der Waals surface area (Å²) in [4.78, 5) is 4.44. The minimum Gasteiger partial charge on any atom is -0.256 e. The summed E-state index contributed by atoms with van der Waals surface area (Å²) in [6.45, 7) is 3.69. The third-order valence-electron chi connectivity index (χ3n) is 3.11. The third kappa shape index (κ3) is 2.45. The van der Waals surface area contributed by atoms with Crippen LogP contribution in [0, 0.1) is 18.3 Å². The SMILES string of the molecule is Cc1cccc(C(C)(C#N)c2cccc(Cl)c2Cl)n1. The average molecular weight is 291 g/mol. The number of aryl methyl sites for hydroxylation is 1. The number of halogens is 2. The van der Waals surface area contributed by atoms with Crippen LogP contribution in [-0.2, 0) is 5.41 Å². The van der Waals surface area contributed by atoms with Gasteiger partial charge in [0.25, 0.3) is 0 Å². The Hall–Kier alpha value is -1.56. The second-order valence-corrected chi connectivity index (χ2v) is 5.29. The highest BCUT2D eigenvalue weighted by Gasteiger charge is 2.33. The van der Waals surface area contributed by atoms with Crippen molar-refractivity contribution in [1.29, 1.82) is 5.26 Å². The Morgan fingerprint density at radius 3 is 2.47 bits per heavy atom. The van der Waals surface area contributed by atoms with Gasteiger partial charge in [-0.3, -0.25) is 4.98 Å². The number of rotatable bonds is 2. The minimum atomic E-state index is -0.923. The average Bonchev–Trinajstić information content (AvgIpc) is 2.41. The first-order valence-electron chi connectivity index (χ1n) is 5.79. The number of hydrogen-bond acceptors (Lipinski definition) is 2. The van der Waals surface area contributed by atoms with Crippen LogP contribution in [0.5, 0.6) is 0 Å². The van der Waals surface area contributed by atoms with Gasteiger partial charge in [0, 0.05) is 5.69 Å². The van der Waals surface area contributed by atoms with Crippen molar-refractivity contribution < 1.29 is 0 Å². The molecule has 1 unspecified atom stereocenters. The lowest BCUT2D eigenvalue weighted by atomic mass is 9.80. The molecule has 1 aromatic heterocycles. The Morgan fingerprint density at radius 1 is 1.16 bits per heavy atom. The minimum absolute atomic E-state index is 0.400. The molecule has 0 saturated carbocycles. The lowest BCUT2D eigenvalue weighted by molar-refractivity contribution is 0.706. The fourth-order valence-corrected chi connectivity index (χ4v) is 2.46.